The van der Waals surface area contributed by atoms with Crippen LogP contribution >= 0.6 is 23.2 Å². The fourth-order valence-electron chi connectivity index (χ4n) is 3.52. The minimum atomic E-state index is -0.918. The number of amides is 1. The number of hydrogen-bond donors (Lipinski definition) is 2. The number of ether oxygens (including phenoxy) is 3. The van der Waals surface area contributed by atoms with E-state index in [1.807, 2.05) is 12.1 Å². The summed E-state index contributed by atoms with van der Waals surface area (Å²) in [5.74, 6) is -0.0416. The fourth-order valence-corrected chi connectivity index (χ4v) is 3.92. The third-order valence-corrected chi connectivity index (χ3v) is 5.84. The van der Waals surface area contributed by atoms with Gasteiger partial charge < -0.3 is 24.6 Å². The average Bonchev–Trinajstić information content (AvgIpc) is 2.83. The first-order valence-corrected chi connectivity index (χ1v) is 11.3. The van der Waals surface area contributed by atoms with Crippen molar-refractivity contribution in [2.24, 2.45) is 0 Å². The summed E-state index contributed by atoms with van der Waals surface area (Å²) in [6, 6.07) is 16.8. The van der Waals surface area contributed by atoms with Crippen molar-refractivity contribution >= 4 is 35.1 Å². The van der Waals surface area contributed by atoms with Crippen LogP contribution in [0.4, 0.5) is 0 Å². The Kier molecular flexibility index (Phi) is 7.45. The van der Waals surface area contributed by atoms with Gasteiger partial charge in [0.2, 0.25) is 0 Å². The average molecular weight is 502 g/mol. The minimum absolute atomic E-state index is 0.255. The minimum Gasteiger partial charge on any atom is -0.493 e. The lowest BCUT2D eigenvalue weighted by Crippen LogP contribution is -2.28. The molecule has 1 amide bonds. The van der Waals surface area contributed by atoms with E-state index in [2.05, 4.69) is 5.32 Å². The zero-order valence-electron chi connectivity index (χ0n) is 17.9. The van der Waals surface area contributed by atoms with Gasteiger partial charge in [0.1, 0.15) is 29.6 Å². The van der Waals surface area contributed by atoms with Crippen molar-refractivity contribution in [3.63, 3.8) is 0 Å². The molecule has 1 aliphatic heterocycles. The van der Waals surface area contributed by atoms with E-state index in [0.29, 0.717) is 58.7 Å². The lowest BCUT2D eigenvalue weighted by atomic mass is 9.93. The van der Waals surface area contributed by atoms with Crippen LogP contribution in [0.2, 0.25) is 10.0 Å². The van der Waals surface area contributed by atoms with Gasteiger partial charge in [-0.15, -0.1) is 0 Å². The maximum absolute atomic E-state index is 12.4. The van der Waals surface area contributed by atoms with E-state index >= 15 is 0 Å². The molecular weight excluding hydrogens is 481 g/mol. The zero-order valence-corrected chi connectivity index (χ0v) is 19.4. The van der Waals surface area contributed by atoms with Crippen LogP contribution in [0.15, 0.2) is 60.7 Å². The van der Waals surface area contributed by atoms with Crippen molar-refractivity contribution in [2.75, 3.05) is 19.8 Å². The molecular formula is C25H21Cl2NO6. The molecule has 0 aliphatic carbocycles. The van der Waals surface area contributed by atoms with Crippen molar-refractivity contribution in [1.29, 1.82) is 0 Å². The SMILES string of the molecule is O=C(NCCOc1ccccc1Cl)c1ccc(Oc2cc3c(cc2Cl)C(C(=O)O)CCO3)cc1. The van der Waals surface area contributed by atoms with E-state index in [-0.39, 0.29) is 17.5 Å². The third-order valence-electron chi connectivity index (χ3n) is 5.23. The van der Waals surface area contributed by atoms with Crippen LogP contribution in [-0.2, 0) is 4.79 Å². The number of para-hydroxylation sites is 1. The largest absolute Gasteiger partial charge is 0.493 e. The highest BCUT2D eigenvalue weighted by Gasteiger charge is 2.29. The first kappa shape index (κ1) is 23.7. The Morgan fingerprint density at radius 3 is 2.53 bits per heavy atom. The van der Waals surface area contributed by atoms with Gasteiger partial charge in [-0.05, 0) is 48.9 Å². The predicted octanol–water partition coefficient (Wildman–Crippen LogP) is 5.55. The van der Waals surface area contributed by atoms with Crippen molar-refractivity contribution in [2.45, 2.75) is 12.3 Å². The van der Waals surface area contributed by atoms with Crippen molar-refractivity contribution < 1.29 is 28.9 Å². The molecule has 1 heterocycles. The molecule has 1 atom stereocenters. The summed E-state index contributed by atoms with van der Waals surface area (Å²) in [6.45, 7) is 0.890. The number of halogens is 2. The van der Waals surface area contributed by atoms with Gasteiger partial charge >= 0.3 is 5.97 Å². The molecule has 2 N–H and O–H groups in total. The molecule has 4 rings (SSSR count). The fraction of sp³-hybridized carbons (Fsp3) is 0.200. The number of benzene rings is 3. The molecule has 7 nitrogen and oxygen atoms in total. The molecule has 0 radical (unpaired) electrons. The van der Waals surface area contributed by atoms with Crippen LogP contribution in [0.25, 0.3) is 0 Å². The second-order valence-corrected chi connectivity index (χ2v) is 8.32. The molecule has 34 heavy (non-hydrogen) atoms. The van der Waals surface area contributed by atoms with Crippen LogP contribution in [0.5, 0.6) is 23.0 Å². The number of rotatable bonds is 8. The predicted molar refractivity (Wildman–Crippen MR) is 128 cm³/mol. The van der Waals surface area contributed by atoms with Gasteiger partial charge in [-0.1, -0.05) is 35.3 Å². The first-order chi connectivity index (χ1) is 16.4. The topological polar surface area (TPSA) is 94.1 Å². The van der Waals surface area contributed by atoms with Crippen LogP contribution in [0.1, 0.15) is 28.3 Å². The second-order valence-electron chi connectivity index (χ2n) is 7.51. The van der Waals surface area contributed by atoms with Gasteiger partial charge in [0.05, 0.1) is 29.1 Å². The molecule has 0 saturated heterocycles. The quantitative estimate of drug-likeness (QED) is 0.393. The first-order valence-electron chi connectivity index (χ1n) is 10.5. The van der Waals surface area contributed by atoms with Crippen LogP contribution in [0, 0.1) is 0 Å². The van der Waals surface area contributed by atoms with Crippen LogP contribution in [-0.4, -0.2) is 36.7 Å². The zero-order chi connectivity index (χ0) is 24.1. The van der Waals surface area contributed by atoms with Gasteiger partial charge in [-0.2, -0.15) is 0 Å². The molecule has 9 heteroatoms. The number of carbonyl (C=O) groups excluding carboxylic acids is 1. The summed E-state index contributed by atoms with van der Waals surface area (Å²) < 4.78 is 17.0. The number of aliphatic carboxylic acids is 1. The number of hydrogen-bond acceptors (Lipinski definition) is 5. The Bertz CT molecular complexity index is 1200. The lowest BCUT2D eigenvalue weighted by Gasteiger charge is -2.24. The Hall–Kier alpha value is -3.42. The normalized spacial score (nSPS) is 14.5. The van der Waals surface area contributed by atoms with Gasteiger partial charge in [0.15, 0.2) is 0 Å². The van der Waals surface area contributed by atoms with Crippen LogP contribution < -0.4 is 19.5 Å². The molecule has 3 aromatic carbocycles. The van der Waals surface area contributed by atoms with Crippen molar-refractivity contribution in [3.05, 3.63) is 81.8 Å². The number of carbonyl (C=O) groups is 2. The lowest BCUT2D eigenvalue weighted by molar-refractivity contribution is -0.139. The smallest absolute Gasteiger partial charge is 0.311 e. The standard InChI is InChI=1S/C25H21Cl2NO6/c26-19-3-1-2-4-21(19)33-12-10-28-24(29)15-5-7-16(8-6-15)34-23-14-22-18(13-20(23)27)17(25(30)31)9-11-32-22/h1-8,13-14,17H,9-12H2,(H,28,29)(H,30,31). The van der Waals surface area contributed by atoms with E-state index in [4.69, 9.17) is 37.4 Å². The van der Waals surface area contributed by atoms with Gasteiger partial charge in [0.25, 0.3) is 5.91 Å². The summed E-state index contributed by atoms with van der Waals surface area (Å²) in [5.41, 5.74) is 0.982. The number of nitrogens with one attached hydrogen (secondary N) is 1. The molecule has 0 bridgehead atoms. The Labute approximate surface area is 206 Å². The Balaban J connectivity index is 1.34. The molecule has 0 aromatic heterocycles. The van der Waals surface area contributed by atoms with E-state index in [0.717, 1.165) is 0 Å². The van der Waals surface area contributed by atoms with E-state index in [1.165, 1.54) is 0 Å². The summed E-state index contributed by atoms with van der Waals surface area (Å²) >= 11 is 12.4. The number of fused-ring (bicyclic) bond motifs is 1. The van der Waals surface area contributed by atoms with Crippen molar-refractivity contribution in [1.82, 2.24) is 5.32 Å². The third kappa shape index (κ3) is 5.55. The van der Waals surface area contributed by atoms with Crippen molar-refractivity contribution in [3.8, 4) is 23.0 Å². The Morgan fingerprint density at radius 1 is 1.03 bits per heavy atom. The molecule has 0 saturated carbocycles. The van der Waals surface area contributed by atoms with E-state index in [9.17, 15) is 14.7 Å². The summed E-state index contributed by atoms with van der Waals surface area (Å²) in [4.78, 5) is 23.9. The van der Waals surface area contributed by atoms with E-state index < -0.39 is 11.9 Å². The second kappa shape index (κ2) is 10.7. The number of carboxylic acids is 1. The van der Waals surface area contributed by atoms with E-state index in [1.54, 1.807) is 48.5 Å². The molecule has 0 spiro atoms. The van der Waals surface area contributed by atoms with Crippen LogP contribution in [0.3, 0.4) is 0 Å². The summed E-state index contributed by atoms with van der Waals surface area (Å²) in [7, 11) is 0. The maximum Gasteiger partial charge on any atom is 0.311 e. The summed E-state index contributed by atoms with van der Waals surface area (Å²) in [6.07, 6.45) is 0.383. The molecule has 3 aromatic rings. The Morgan fingerprint density at radius 2 is 1.79 bits per heavy atom. The molecule has 0 fully saturated rings. The number of carboxylic acid groups (broad SMARTS) is 1. The summed E-state index contributed by atoms with van der Waals surface area (Å²) in [5, 5.41) is 13.0. The highest BCUT2D eigenvalue weighted by molar-refractivity contribution is 6.32. The highest BCUT2D eigenvalue weighted by Crippen LogP contribution is 2.41. The molecule has 1 aliphatic rings. The van der Waals surface area contributed by atoms with Gasteiger partial charge in [0, 0.05) is 17.2 Å². The highest BCUT2D eigenvalue weighted by atomic mass is 35.5. The maximum atomic E-state index is 12.4. The molecule has 176 valence electrons. The van der Waals surface area contributed by atoms with Gasteiger partial charge in [-0.25, -0.2) is 0 Å². The van der Waals surface area contributed by atoms with Gasteiger partial charge in [-0.3, -0.25) is 9.59 Å². The molecule has 1 unspecified atom stereocenters. The monoisotopic (exact) mass is 501 g/mol.